The number of hydrogen-bond donors (Lipinski definition) is 2. The fourth-order valence-electron chi connectivity index (χ4n) is 2.33. The van der Waals surface area contributed by atoms with Gasteiger partial charge in [-0.15, -0.1) is 0 Å². The fourth-order valence-corrected chi connectivity index (χ4v) is 2.33. The van der Waals surface area contributed by atoms with Crippen molar-refractivity contribution >= 4 is 11.8 Å². The van der Waals surface area contributed by atoms with E-state index in [-0.39, 0.29) is 24.4 Å². The summed E-state index contributed by atoms with van der Waals surface area (Å²) >= 11 is 0. The van der Waals surface area contributed by atoms with Gasteiger partial charge in [0.05, 0.1) is 6.54 Å². The first-order valence-electron chi connectivity index (χ1n) is 7.03. The smallest absolute Gasteiger partial charge is 0.231 e. The second-order valence-corrected chi connectivity index (χ2v) is 5.35. The highest BCUT2D eigenvalue weighted by Gasteiger charge is 2.19. The summed E-state index contributed by atoms with van der Waals surface area (Å²) in [4.78, 5) is 26.8. The number of rotatable bonds is 6. The van der Waals surface area contributed by atoms with E-state index in [0.29, 0.717) is 13.0 Å². The minimum Gasteiger partial charge on any atom is -0.369 e. The van der Waals surface area contributed by atoms with Crippen LogP contribution in [-0.2, 0) is 9.59 Å². The molecule has 1 unspecified atom stereocenters. The van der Waals surface area contributed by atoms with Gasteiger partial charge in [-0.2, -0.15) is 0 Å². The Morgan fingerprint density at radius 3 is 2.58 bits per heavy atom. The molecule has 2 amide bonds. The first kappa shape index (κ1) is 15.9. The van der Waals surface area contributed by atoms with E-state index in [9.17, 15) is 9.59 Å². The zero-order valence-electron chi connectivity index (χ0n) is 11.8. The molecule has 4 N–H and O–H groups in total. The van der Waals surface area contributed by atoms with E-state index in [1.165, 1.54) is 0 Å². The molecular formula is C13H26N4O2. The predicted molar refractivity (Wildman–Crippen MR) is 74.3 cm³/mol. The Morgan fingerprint density at radius 1 is 1.21 bits per heavy atom. The number of nitrogens with two attached hydrogens (primary N) is 2. The molecule has 0 radical (unpaired) electrons. The van der Waals surface area contributed by atoms with Crippen molar-refractivity contribution in [2.24, 2.45) is 11.5 Å². The Labute approximate surface area is 115 Å². The third-order valence-electron chi connectivity index (χ3n) is 3.37. The molecule has 1 aliphatic rings. The molecule has 6 nitrogen and oxygen atoms in total. The maximum atomic E-state index is 12.0. The second-order valence-electron chi connectivity index (χ2n) is 5.35. The molecule has 110 valence electrons. The maximum Gasteiger partial charge on any atom is 0.231 e. The highest BCUT2D eigenvalue weighted by Crippen LogP contribution is 2.07. The summed E-state index contributed by atoms with van der Waals surface area (Å²) in [5, 5.41) is 0. The van der Waals surface area contributed by atoms with Gasteiger partial charge in [0, 0.05) is 38.6 Å². The van der Waals surface area contributed by atoms with Crippen molar-refractivity contribution in [1.82, 2.24) is 9.80 Å². The van der Waals surface area contributed by atoms with Crippen molar-refractivity contribution in [3.05, 3.63) is 0 Å². The number of nitrogens with zero attached hydrogens (tertiary/aromatic N) is 2. The molecule has 1 atom stereocenters. The minimum atomic E-state index is -0.309. The SMILES string of the molecule is CC(N)CCCC(=O)N1CCCN(CC(N)=O)CC1. The van der Waals surface area contributed by atoms with E-state index in [0.717, 1.165) is 38.9 Å². The quantitative estimate of drug-likeness (QED) is 0.682. The highest BCUT2D eigenvalue weighted by atomic mass is 16.2. The largest absolute Gasteiger partial charge is 0.369 e. The average Bonchev–Trinajstić information content (AvgIpc) is 2.53. The van der Waals surface area contributed by atoms with Gasteiger partial charge in [-0.25, -0.2) is 0 Å². The molecule has 0 aliphatic carbocycles. The van der Waals surface area contributed by atoms with Crippen LogP contribution >= 0.6 is 0 Å². The van der Waals surface area contributed by atoms with Crippen LogP contribution < -0.4 is 11.5 Å². The van der Waals surface area contributed by atoms with Crippen LogP contribution in [0.2, 0.25) is 0 Å². The molecule has 1 heterocycles. The molecule has 6 heteroatoms. The van der Waals surface area contributed by atoms with Crippen molar-refractivity contribution in [1.29, 1.82) is 0 Å². The third-order valence-corrected chi connectivity index (χ3v) is 3.37. The van der Waals surface area contributed by atoms with Crippen LogP contribution in [0.3, 0.4) is 0 Å². The highest BCUT2D eigenvalue weighted by molar-refractivity contribution is 5.76. The van der Waals surface area contributed by atoms with Gasteiger partial charge in [0.25, 0.3) is 0 Å². The molecule has 1 fully saturated rings. The molecule has 1 aliphatic heterocycles. The minimum absolute atomic E-state index is 0.156. The lowest BCUT2D eigenvalue weighted by Gasteiger charge is -2.21. The lowest BCUT2D eigenvalue weighted by atomic mass is 10.1. The summed E-state index contributed by atoms with van der Waals surface area (Å²) in [6.07, 6.45) is 3.19. The molecular weight excluding hydrogens is 244 g/mol. The molecule has 0 saturated carbocycles. The zero-order valence-corrected chi connectivity index (χ0v) is 11.8. The number of amides is 2. The van der Waals surface area contributed by atoms with Crippen molar-refractivity contribution < 1.29 is 9.59 Å². The Balaban J connectivity index is 2.31. The van der Waals surface area contributed by atoms with Crippen LogP contribution in [-0.4, -0.2) is 60.4 Å². The molecule has 0 aromatic carbocycles. The van der Waals surface area contributed by atoms with Gasteiger partial charge in [0.1, 0.15) is 0 Å². The van der Waals surface area contributed by atoms with E-state index in [2.05, 4.69) is 0 Å². The van der Waals surface area contributed by atoms with Gasteiger partial charge < -0.3 is 16.4 Å². The molecule has 19 heavy (non-hydrogen) atoms. The maximum absolute atomic E-state index is 12.0. The van der Waals surface area contributed by atoms with E-state index >= 15 is 0 Å². The Kier molecular flexibility index (Phi) is 6.80. The molecule has 0 aromatic heterocycles. The van der Waals surface area contributed by atoms with Crippen LogP contribution in [0.15, 0.2) is 0 Å². The van der Waals surface area contributed by atoms with E-state index in [4.69, 9.17) is 11.5 Å². The van der Waals surface area contributed by atoms with Gasteiger partial charge in [0.2, 0.25) is 11.8 Å². The van der Waals surface area contributed by atoms with Crippen molar-refractivity contribution in [2.75, 3.05) is 32.7 Å². The molecule has 0 spiro atoms. The first-order valence-corrected chi connectivity index (χ1v) is 7.03. The van der Waals surface area contributed by atoms with Gasteiger partial charge in [-0.05, 0) is 26.2 Å². The van der Waals surface area contributed by atoms with Crippen molar-refractivity contribution in [2.45, 2.75) is 38.6 Å². The number of primary amides is 1. The number of carbonyl (C=O) groups is 2. The average molecular weight is 270 g/mol. The van der Waals surface area contributed by atoms with Crippen LogP contribution in [0.5, 0.6) is 0 Å². The van der Waals surface area contributed by atoms with Crippen molar-refractivity contribution in [3.63, 3.8) is 0 Å². The predicted octanol–water partition coefficient (Wildman–Crippen LogP) is -0.476. The zero-order chi connectivity index (χ0) is 14.3. The monoisotopic (exact) mass is 270 g/mol. The van der Waals surface area contributed by atoms with Crippen LogP contribution in [0.1, 0.15) is 32.6 Å². The molecule has 1 rings (SSSR count). The first-order chi connectivity index (χ1) is 8.99. The molecule has 0 aromatic rings. The summed E-state index contributed by atoms with van der Waals surface area (Å²) in [6.45, 7) is 5.25. The number of carbonyl (C=O) groups excluding carboxylic acids is 2. The topological polar surface area (TPSA) is 92.7 Å². The van der Waals surface area contributed by atoms with Gasteiger partial charge >= 0.3 is 0 Å². The Hall–Kier alpha value is -1.14. The van der Waals surface area contributed by atoms with E-state index in [1.807, 2.05) is 16.7 Å². The Bertz CT molecular complexity index is 307. The van der Waals surface area contributed by atoms with Gasteiger partial charge in [0.15, 0.2) is 0 Å². The Morgan fingerprint density at radius 2 is 1.95 bits per heavy atom. The van der Waals surface area contributed by atoms with Gasteiger partial charge in [-0.1, -0.05) is 0 Å². The van der Waals surface area contributed by atoms with Crippen LogP contribution in [0.4, 0.5) is 0 Å². The summed E-state index contributed by atoms with van der Waals surface area (Å²) in [5.41, 5.74) is 10.9. The van der Waals surface area contributed by atoms with Crippen molar-refractivity contribution in [3.8, 4) is 0 Å². The fraction of sp³-hybridized carbons (Fsp3) is 0.846. The third kappa shape index (κ3) is 6.54. The summed E-state index contributed by atoms with van der Waals surface area (Å²) in [7, 11) is 0. The second kappa shape index (κ2) is 8.12. The van der Waals surface area contributed by atoms with Crippen LogP contribution in [0.25, 0.3) is 0 Å². The normalized spacial score (nSPS) is 18.9. The lowest BCUT2D eigenvalue weighted by molar-refractivity contribution is -0.131. The van der Waals surface area contributed by atoms with E-state index < -0.39 is 0 Å². The van der Waals surface area contributed by atoms with Gasteiger partial charge in [-0.3, -0.25) is 14.5 Å². The standard InChI is InChI=1S/C13H26N4O2/c1-11(14)4-2-5-13(19)17-7-3-6-16(8-9-17)10-12(15)18/h11H,2-10,14H2,1H3,(H2,15,18). The summed E-state index contributed by atoms with van der Waals surface area (Å²) in [6, 6.07) is 0.156. The lowest BCUT2D eigenvalue weighted by Crippen LogP contribution is -2.38. The summed E-state index contributed by atoms with van der Waals surface area (Å²) in [5.74, 6) is -0.113. The molecule has 1 saturated heterocycles. The van der Waals surface area contributed by atoms with Crippen LogP contribution in [0, 0.1) is 0 Å². The summed E-state index contributed by atoms with van der Waals surface area (Å²) < 4.78 is 0. The number of hydrogen-bond acceptors (Lipinski definition) is 4. The molecule has 0 bridgehead atoms. The van der Waals surface area contributed by atoms with E-state index in [1.54, 1.807) is 0 Å².